The van der Waals surface area contributed by atoms with Gasteiger partial charge in [-0.2, -0.15) is 4.79 Å². The summed E-state index contributed by atoms with van der Waals surface area (Å²) in [7, 11) is 0. The molecule has 1 aliphatic rings. The molecule has 1 fully saturated rings. The molecule has 0 bridgehead atoms. The van der Waals surface area contributed by atoms with Crippen molar-refractivity contribution in [1.29, 1.82) is 0 Å². The maximum Gasteiger partial charge on any atom is 0.115 e. The Kier molecular flexibility index (Phi) is 1.65. The van der Waals surface area contributed by atoms with Gasteiger partial charge in [0.15, 0.2) is 0 Å². The topological polar surface area (TPSA) is 34.0 Å². The normalized spacial score (nSPS) is 16.7. The third-order valence-electron chi connectivity index (χ3n) is 2.68. The van der Waals surface area contributed by atoms with Crippen LogP contribution in [0.25, 0.3) is 11.0 Å². The second-order valence-electron chi connectivity index (χ2n) is 3.63. The summed E-state index contributed by atoms with van der Waals surface area (Å²) in [4.78, 5) is 1.93. The maximum absolute atomic E-state index is 4.17. The zero-order valence-corrected chi connectivity index (χ0v) is 7.93. The van der Waals surface area contributed by atoms with Gasteiger partial charge in [0, 0.05) is 13.1 Å². The number of hydrogen-bond donors (Lipinski definition) is 0. The second kappa shape index (κ2) is 2.97. The summed E-state index contributed by atoms with van der Waals surface area (Å²) in [6.45, 7) is 2.18. The number of rotatable bonds is 1. The van der Waals surface area contributed by atoms with Gasteiger partial charge in [-0.15, -0.1) is 5.10 Å². The molecule has 1 aromatic heterocycles. The van der Waals surface area contributed by atoms with Crippen LogP contribution in [0.1, 0.15) is 12.8 Å². The third-order valence-corrected chi connectivity index (χ3v) is 2.68. The summed E-state index contributed by atoms with van der Waals surface area (Å²) < 4.78 is 0. The molecule has 0 N–H and O–H groups in total. The molecule has 1 aliphatic heterocycles. The number of nitrogens with zero attached hydrogens (tertiary/aromatic N) is 4. The zero-order chi connectivity index (χ0) is 9.38. The highest BCUT2D eigenvalue weighted by atomic mass is 15.7. The molecule has 2 aromatic rings. The molecule has 14 heavy (non-hydrogen) atoms. The maximum atomic E-state index is 4.17. The van der Waals surface area contributed by atoms with Crippen LogP contribution in [0.2, 0.25) is 0 Å². The van der Waals surface area contributed by atoms with E-state index >= 15 is 0 Å². The molecule has 0 atom stereocenters. The fourth-order valence-electron chi connectivity index (χ4n) is 1.96. The number of hydrogen-bond acceptors (Lipinski definition) is 3. The van der Waals surface area contributed by atoms with Crippen LogP contribution < -0.4 is 5.01 Å². The van der Waals surface area contributed by atoms with Gasteiger partial charge < -0.3 is 0 Å². The molecule has 0 saturated carbocycles. The van der Waals surface area contributed by atoms with E-state index in [0.717, 1.165) is 24.1 Å². The number of aromatic nitrogens is 3. The molecule has 0 amide bonds. The van der Waals surface area contributed by atoms with Crippen LogP contribution in [-0.4, -0.2) is 28.2 Å². The van der Waals surface area contributed by atoms with E-state index < -0.39 is 0 Å². The second-order valence-corrected chi connectivity index (χ2v) is 3.63. The Morgan fingerprint density at radius 1 is 1.07 bits per heavy atom. The fraction of sp³-hybridized carbons (Fsp3) is 0.400. The summed E-state index contributed by atoms with van der Waals surface area (Å²) in [6.07, 6.45) is 2.52. The molecular formula is C10H12N4. The molecule has 0 radical (unpaired) electrons. The molecule has 72 valence electrons. The minimum Gasteiger partial charge on any atom is -0.295 e. The SMILES string of the molecule is c1ccc2c(c1)nnn2N1CCCC1. The Labute approximate surface area is 82.1 Å². The lowest BCUT2D eigenvalue weighted by molar-refractivity contribution is 0.583. The van der Waals surface area contributed by atoms with Crippen molar-refractivity contribution in [1.82, 2.24) is 15.1 Å². The monoisotopic (exact) mass is 188 g/mol. The van der Waals surface area contributed by atoms with Gasteiger partial charge in [0.25, 0.3) is 0 Å². The van der Waals surface area contributed by atoms with Crippen LogP contribution in [0.5, 0.6) is 0 Å². The molecule has 2 heterocycles. The smallest absolute Gasteiger partial charge is 0.115 e. The van der Waals surface area contributed by atoms with Crippen LogP contribution in [0.15, 0.2) is 24.3 Å². The average molecular weight is 188 g/mol. The summed E-state index contributed by atoms with van der Waals surface area (Å²) in [5, 5.41) is 10.5. The van der Waals surface area contributed by atoms with Gasteiger partial charge in [-0.05, 0) is 30.2 Å². The Morgan fingerprint density at radius 3 is 2.71 bits per heavy atom. The first-order chi connectivity index (χ1) is 6.95. The Balaban J connectivity index is 2.11. The minimum atomic E-state index is 0.972. The van der Waals surface area contributed by atoms with E-state index in [1.54, 1.807) is 0 Å². The van der Waals surface area contributed by atoms with Crippen molar-refractivity contribution in [3.8, 4) is 0 Å². The molecule has 4 nitrogen and oxygen atoms in total. The first-order valence-electron chi connectivity index (χ1n) is 5.01. The Bertz CT molecular complexity index is 442. The van der Waals surface area contributed by atoms with E-state index in [0.29, 0.717) is 0 Å². The first kappa shape index (κ1) is 7.79. The van der Waals surface area contributed by atoms with Crippen molar-refractivity contribution in [2.45, 2.75) is 12.8 Å². The van der Waals surface area contributed by atoms with Crippen molar-refractivity contribution in [2.75, 3.05) is 18.1 Å². The summed E-state index contributed by atoms with van der Waals surface area (Å²) in [5.74, 6) is 0. The van der Waals surface area contributed by atoms with E-state index in [4.69, 9.17) is 0 Å². The van der Waals surface area contributed by atoms with Crippen LogP contribution in [0.3, 0.4) is 0 Å². The molecule has 0 unspecified atom stereocenters. The lowest BCUT2D eigenvalue weighted by Gasteiger charge is -2.16. The standard InChI is InChI=1S/C10H12N4/c1-2-6-10-9(5-1)11-12-14(10)13-7-3-4-8-13/h1-2,5-6H,3-4,7-8H2. The summed E-state index contributed by atoms with van der Waals surface area (Å²) in [6, 6.07) is 8.08. The van der Waals surface area contributed by atoms with Crippen molar-refractivity contribution in [3.63, 3.8) is 0 Å². The van der Waals surface area contributed by atoms with E-state index in [1.165, 1.54) is 12.8 Å². The van der Waals surface area contributed by atoms with E-state index in [1.807, 2.05) is 23.0 Å². The molecule has 1 saturated heterocycles. The van der Waals surface area contributed by atoms with Gasteiger partial charge >= 0.3 is 0 Å². The van der Waals surface area contributed by atoms with Gasteiger partial charge in [0.1, 0.15) is 11.0 Å². The van der Waals surface area contributed by atoms with Gasteiger partial charge in [-0.1, -0.05) is 12.1 Å². The van der Waals surface area contributed by atoms with Crippen molar-refractivity contribution < 1.29 is 0 Å². The predicted octanol–water partition coefficient (Wildman–Crippen LogP) is 1.16. The van der Waals surface area contributed by atoms with Crippen LogP contribution in [0.4, 0.5) is 0 Å². The predicted molar refractivity (Wildman–Crippen MR) is 54.7 cm³/mol. The highest BCUT2D eigenvalue weighted by molar-refractivity contribution is 5.74. The van der Waals surface area contributed by atoms with Crippen LogP contribution in [0, 0.1) is 0 Å². The van der Waals surface area contributed by atoms with Gasteiger partial charge in [0.2, 0.25) is 0 Å². The lowest BCUT2D eigenvalue weighted by atomic mass is 10.3. The van der Waals surface area contributed by atoms with Gasteiger partial charge in [-0.3, -0.25) is 5.01 Å². The molecule has 1 aromatic carbocycles. The average Bonchev–Trinajstić information content (AvgIpc) is 2.85. The first-order valence-corrected chi connectivity index (χ1v) is 5.01. The fourth-order valence-corrected chi connectivity index (χ4v) is 1.96. The Hall–Kier alpha value is -1.58. The van der Waals surface area contributed by atoms with Gasteiger partial charge in [0.05, 0.1) is 0 Å². The number of fused-ring (bicyclic) bond motifs is 1. The molecule has 3 rings (SSSR count). The van der Waals surface area contributed by atoms with E-state index in [2.05, 4.69) is 21.4 Å². The van der Waals surface area contributed by atoms with E-state index in [9.17, 15) is 0 Å². The van der Waals surface area contributed by atoms with Crippen LogP contribution >= 0.6 is 0 Å². The van der Waals surface area contributed by atoms with Crippen LogP contribution in [-0.2, 0) is 0 Å². The Morgan fingerprint density at radius 2 is 1.86 bits per heavy atom. The minimum absolute atomic E-state index is 0.972. The molecule has 0 aliphatic carbocycles. The third kappa shape index (κ3) is 1.07. The summed E-state index contributed by atoms with van der Waals surface area (Å²) >= 11 is 0. The number of benzene rings is 1. The van der Waals surface area contributed by atoms with Crippen molar-refractivity contribution >= 4 is 11.0 Å². The highest BCUT2D eigenvalue weighted by Gasteiger charge is 2.15. The van der Waals surface area contributed by atoms with Crippen molar-refractivity contribution in [3.05, 3.63) is 24.3 Å². The molecule has 4 heteroatoms. The molecular weight excluding hydrogens is 176 g/mol. The highest BCUT2D eigenvalue weighted by Crippen LogP contribution is 2.13. The molecule has 0 spiro atoms. The van der Waals surface area contributed by atoms with E-state index in [-0.39, 0.29) is 0 Å². The van der Waals surface area contributed by atoms with Gasteiger partial charge in [-0.25, -0.2) is 0 Å². The number of para-hydroxylation sites is 1. The largest absolute Gasteiger partial charge is 0.295 e. The van der Waals surface area contributed by atoms with Crippen molar-refractivity contribution in [2.24, 2.45) is 0 Å². The quantitative estimate of drug-likeness (QED) is 0.673. The lowest BCUT2D eigenvalue weighted by Crippen LogP contribution is -2.32. The zero-order valence-electron chi connectivity index (χ0n) is 7.93. The summed E-state index contributed by atoms with van der Waals surface area (Å²) in [5.41, 5.74) is 2.08.